The Kier molecular flexibility index (Phi) is 3.61. The largest absolute Gasteiger partial charge is 0.464 e. The van der Waals surface area contributed by atoms with E-state index >= 15 is 0 Å². The minimum atomic E-state index is -0.605. The van der Waals surface area contributed by atoms with Gasteiger partial charge in [0.1, 0.15) is 12.4 Å². The minimum Gasteiger partial charge on any atom is -0.464 e. The first-order chi connectivity index (χ1) is 8.77. The molecule has 0 amide bonds. The molecule has 0 radical (unpaired) electrons. The predicted octanol–water partition coefficient (Wildman–Crippen LogP) is 1.10. The highest BCUT2D eigenvalue weighted by molar-refractivity contribution is 5.93. The van der Waals surface area contributed by atoms with E-state index in [0.29, 0.717) is 11.3 Å². The first-order valence-electron chi connectivity index (χ1n) is 5.26. The molecular weight excluding hydrogens is 239 g/mol. The molecule has 0 saturated carbocycles. The van der Waals surface area contributed by atoms with E-state index in [4.69, 9.17) is 0 Å². The SMILES string of the molecule is COC(=O)c1nnn(CCF)c1-c1ccncc1. The van der Waals surface area contributed by atoms with Gasteiger partial charge >= 0.3 is 5.97 Å². The number of hydrogen-bond donors (Lipinski definition) is 0. The van der Waals surface area contributed by atoms with Crippen LogP contribution in [-0.4, -0.2) is 39.7 Å². The highest BCUT2D eigenvalue weighted by Crippen LogP contribution is 2.22. The summed E-state index contributed by atoms with van der Waals surface area (Å²) in [7, 11) is 1.26. The zero-order valence-electron chi connectivity index (χ0n) is 9.71. The third kappa shape index (κ3) is 2.20. The van der Waals surface area contributed by atoms with Gasteiger partial charge in [-0.1, -0.05) is 5.21 Å². The molecule has 0 aliphatic carbocycles. The van der Waals surface area contributed by atoms with E-state index in [1.807, 2.05) is 0 Å². The molecule has 0 atom stereocenters. The summed E-state index contributed by atoms with van der Waals surface area (Å²) in [4.78, 5) is 15.5. The second kappa shape index (κ2) is 5.35. The summed E-state index contributed by atoms with van der Waals surface area (Å²) in [6.45, 7) is -0.566. The van der Waals surface area contributed by atoms with Gasteiger partial charge in [0.25, 0.3) is 0 Å². The number of aryl methyl sites for hydroxylation is 1. The van der Waals surface area contributed by atoms with Crippen molar-refractivity contribution in [3.8, 4) is 11.3 Å². The Hall–Kier alpha value is -2.31. The fraction of sp³-hybridized carbons (Fsp3) is 0.273. The van der Waals surface area contributed by atoms with E-state index in [1.54, 1.807) is 24.5 Å². The van der Waals surface area contributed by atoms with Crippen molar-refractivity contribution in [3.63, 3.8) is 0 Å². The molecule has 6 nitrogen and oxygen atoms in total. The number of alkyl halides is 1. The lowest BCUT2D eigenvalue weighted by atomic mass is 10.1. The lowest BCUT2D eigenvalue weighted by Crippen LogP contribution is -2.07. The third-order valence-corrected chi connectivity index (χ3v) is 2.36. The molecule has 18 heavy (non-hydrogen) atoms. The highest BCUT2D eigenvalue weighted by atomic mass is 19.1. The van der Waals surface area contributed by atoms with Gasteiger partial charge in [0, 0.05) is 18.0 Å². The fourth-order valence-electron chi connectivity index (χ4n) is 1.58. The molecule has 2 heterocycles. The number of carbonyl (C=O) groups is 1. The number of rotatable bonds is 4. The summed E-state index contributed by atoms with van der Waals surface area (Å²) in [5.41, 5.74) is 1.18. The summed E-state index contributed by atoms with van der Waals surface area (Å²) in [6.07, 6.45) is 3.15. The Labute approximate surface area is 102 Å². The summed E-state index contributed by atoms with van der Waals surface area (Å²) >= 11 is 0. The van der Waals surface area contributed by atoms with Gasteiger partial charge in [-0.2, -0.15) is 0 Å². The van der Waals surface area contributed by atoms with Gasteiger partial charge in [0.15, 0.2) is 5.69 Å². The minimum absolute atomic E-state index is 0.0294. The predicted molar refractivity (Wildman–Crippen MR) is 60.6 cm³/mol. The van der Waals surface area contributed by atoms with E-state index in [1.165, 1.54) is 11.8 Å². The van der Waals surface area contributed by atoms with Crippen LogP contribution in [0.15, 0.2) is 24.5 Å². The Morgan fingerprint density at radius 1 is 1.44 bits per heavy atom. The Morgan fingerprint density at radius 2 is 2.17 bits per heavy atom. The number of ether oxygens (including phenoxy) is 1. The summed E-state index contributed by atoms with van der Waals surface area (Å²) < 4.78 is 18.4. The zero-order chi connectivity index (χ0) is 13.0. The molecule has 7 heteroatoms. The zero-order valence-corrected chi connectivity index (χ0v) is 9.71. The number of methoxy groups -OCH3 is 1. The van der Waals surface area contributed by atoms with Crippen LogP contribution in [0.2, 0.25) is 0 Å². The number of carbonyl (C=O) groups excluding carboxylic acids is 1. The van der Waals surface area contributed by atoms with Gasteiger partial charge in [0.2, 0.25) is 0 Å². The van der Waals surface area contributed by atoms with E-state index in [0.717, 1.165) is 0 Å². The molecule has 0 aromatic carbocycles. The molecule has 2 rings (SSSR count). The van der Waals surface area contributed by atoms with Crippen LogP contribution >= 0.6 is 0 Å². The van der Waals surface area contributed by atoms with Gasteiger partial charge in [0.05, 0.1) is 13.7 Å². The van der Waals surface area contributed by atoms with Crippen LogP contribution in [0.25, 0.3) is 11.3 Å². The van der Waals surface area contributed by atoms with Gasteiger partial charge in [-0.3, -0.25) is 4.98 Å². The number of pyridine rings is 1. The van der Waals surface area contributed by atoms with Crippen molar-refractivity contribution in [1.29, 1.82) is 0 Å². The van der Waals surface area contributed by atoms with Crippen LogP contribution in [-0.2, 0) is 11.3 Å². The summed E-state index contributed by atoms with van der Waals surface area (Å²) in [5.74, 6) is -0.605. The van der Waals surface area contributed by atoms with Crippen molar-refractivity contribution in [2.45, 2.75) is 6.54 Å². The Balaban J connectivity index is 2.54. The van der Waals surface area contributed by atoms with Crippen LogP contribution < -0.4 is 0 Å². The van der Waals surface area contributed by atoms with Crippen LogP contribution in [0.1, 0.15) is 10.5 Å². The number of aromatic nitrogens is 4. The lowest BCUT2D eigenvalue weighted by molar-refractivity contribution is 0.0595. The molecule has 0 spiro atoms. The number of nitrogens with zero attached hydrogens (tertiary/aromatic N) is 4. The molecule has 2 aromatic heterocycles. The van der Waals surface area contributed by atoms with Crippen molar-refractivity contribution in [2.75, 3.05) is 13.8 Å². The Morgan fingerprint density at radius 3 is 2.78 bits per heavy atom. The van der Waals surface area contributed by atoms with Gasteiger partial charge < -0.3 is 4.74 Å². The van der Waals surface area contributed by atoms with Gasteiger partial charge in [-0.25, -0.2) is 13.9 Å². The molecule has 0 fully saturated rings. The monoisotopic (exact) mass is 250 g/mol. The van der Waals surface area contributed by atoms with Crippen LogP contribution in [0, 0.1) is 0 Å². The molecule has 94 valence electrons. The van der Waals surface area contributed by atoms with Crippen molar-refractivity contribution >= 4 is 5.97 Å². The summed E-state index contributed by atoms with van der Waals surface area (Å²) in [6, 6.07) is 3.39. The number of esters is 1. The molecule has 0 bridgehead atoms. The first-order valence-corrected chi connectivity index (χ1v) is 5.26. The summed E-state index contributed by atoms with van der Waals surface area (Å²) in [5, 5.41) is 7.49. The second-order valence-corrected chi connectivity index (χ2v) is 3.43. The lowest BCUT2D eigenvalue weighted by Gasteiger charge is -2.05. The van der Waals surface area contributed by atoms with Crippen LogP contribution in [0.5, 0.6) is 0 Å². The van der Waals surface area contributed by atoms with Crippen LogP contribution in [0.3, 0.4) is 0 Å². The number of hydrogen-bond acceptors (Lipinski definition) is 5. The molecule has 2 aromatic rings. The van der Waals surface area contributed by atoms with E-state index in [2.05, 4.69) is 20.0 Å². The van der Waals surface area contributed by atoms with Crippen molar-refractivity contribution in [3.05, 3.63) is 30.2 Å². The normalized spacial score (nSPS) is 10.3. The standard InChI is InChI=1S/C11H11FN4O2/c1-18-11(17)9-10(8-2-5-13-6-3-8)16(7-4-12)15-14-9/h2-3,5-6H,4,7H2,1H3. The molecule has 0 aliphatic heterocycles. The highest BCUT2D eigenvalue weighted by Gasteiger charge is 2.21. The maximum atomic E-state index is 12.4. The maximum Gasteiger partial charge on any atom is 0.360 e. The average molecular weight is 250 g/mol. The van der Waals surface area contributed by atoms with Gasteiger partial charge in [-0.15, -0.1) is 5.10 Å². The molecule has 0 unspecified atom stereocenters. The van der Waals surface area contributed by atoms with E-state index in [9.17, 15) is 9.18 Å². The van der Waals surface area contributed by atoms with E-state index < -0.39 is 12.6 Å². The number of halogens is 1. The average Bonchev–Trinajstić information content (AvgIpc) is 2.83. The van der Waals surface area contributed by atoms with Crippen molar-refractivity contribution in [1.82, 2.24) is 20.0 Å². The van der Waals surface area contributed by atoms with E-state index in [-0.39, 0.29) is 12.2 Å². The van der Waals surface area contributed by atoms with Crippen molar-refractivity contribution in [2.24, 2.45) is 0 Å². The molecule has 0 saturated heterocycles. The smallest absolute Gasteiger partial charge is 0.360 e. The maximum absolute atomic E-state index is 12.4. The molecular formula is C11H11FN4O2. The van der Waals surface area contributed by atoms with Crippen LogP contribution in [0.4, 0.5) is 4.39 Å². The second-order valence-electron chi connectivity index (χ2n) is 3.43. The fourth-order valence-corrected chi connectivity index (χ4v) is 1.58. The first kappa shape index (κ1) is 12.2. The van der Waals surface area contributed by atoms with Crippen molar-refractivity contribution < 1.29 is 13.9 Å². The topological polar surface area (TPSA) is 69.9 Å². The quantitative estimate of drug-likeness (QED) is 0.760. The Bertz CT molecular complexity index is 541. The molecule has 0 N–H and O–H groups in total. The van der Waals surface area contributed by atoms with Gasteiger partial charge in [-0.05, 0) is 12.1 Å². The third-order valence-electron chi connectivity index (χ3n) is 2.36. The molecule has 0 aliphatic rings.